The third kappa shape index (κ3) is 1.14. The van der Waals surface area contributed by atoms with Gasteiger partial charge in [-0.1, -0.05) is 6.92 Å². The third-order valence-corrected chi connectivity index (χ3v) is 1.89. The molecule has 13 heavy (non-hydrogen) atoms. The molecule has 0 atom stereocenters. The normalized spacial score (nSPS) is 10.2. The third-order valence-electron chi connectivity index (χ3n) is 1.89. The van der Waals surface area contributed by atoms with Crippen molar-refractivity contribution in [3.8, 4) is 6.07 Å². The minimum absolute atomic E-state index is 0.580. The molecule has 2 aromatic rings. The first-order chi connectivity index (χ1) is 6.35. The zero-order chi connectivity index (χ0) is 9.26. The Labute approximate surface area is 75.4 Å². The smallest absolute Gasteiger partial charge is 0.171 e. The lowest BCUT2D eigenvalue weighted by Gasteiger charge is -1.98. The highest BCUT2D eigenvalue weighted by molar-refractivity contribution is 5.54. The first-order valence-electron chi connectivity index (χ1n) is 4.08. The minimum atomic E-state index is 0.580. The molecular formula is C9H8N4. The summed E-state index contributed by atoms with van der Waals surface area (Å²) in [5, 5.41) is 13.1. The van der Waals surface area contributed by atoms with E-state index in [1.807, 2.05) is 6.92 Å². The van der Waals surface area contributed by atoms with E-state index < -0.39 is 0 Å². The molecule has 0 N–H and O–H groups in total. The summed E-state index contributed by atoms with van der Waals surface area (Å²) >= 11 is 0. The largest absolute Gasteiger partial charge is 0.234 e. The van der Waals surface area contributed by atoms with Crippen LogP contribution in [-0.4, -0.2) is 14.6 Å². The maximum absolute atomic E-state index is 8.84. The van der Waals surface area contributed by atoms with Crippen molar-refractivity contribution in [1.29, 1.82) is 5.26 Å². The molecule has 0 aromatic carbocycles. The maximum atomic E-state index is 8.84. The second-order valence-corrected chi connectivity index (χ2v) is 2.71. The van der Waals surface area contributed by atoms with Gasteiger partial charge in [-0.15, -0.1) is 0 Å². The highest BCUT2D eigenvalue weighted by Crippen LogP contribution is 2.08. The first-order valence-corrected chi connectivity index (χ1v) is 4.08. The number of aromatic nitrogens is 3. The van der Waals surface area contributed by atoms with Crippen LogP contribution in [0.4, 0.5) is 0 Å². The van der Waals surface area contributed by atoms with Gasteiger partial charge in [0.1, 0.15) is 6.07 Å². The average Bonchev–Trinajstić information content (AvgIpc) is 2.63. The molecule has 0 fully saturated rings. The van der Waals surface area contributed by atoms with Gasteiger partial charge >= 0.3 is 0 Å². The summed E-state index contributed by atoms with van der Waals surface area (Å²) in [7, 11) is 0. The fourth-order valence-electron chi connectivity index (χ4n) is 1.22. The van der Waals surface area contributed by atoms with Gasteiger partial charge in [-0.3, -0.25) is 0 Å². The van der Waals surface area contributed by atoms with Crippen LogP contribution in [0.5, 0.6) is 0 Å². The molecule has 64 valence electrons. The summed E-state index contributed by atoms with van der Waals surface area (Å²) in [6.07, 6.45) is 4.21. The summed E-state index contributed by atoms with van der Waals surface area (Å²) in [6.45, 7) is 2.01. The monoisotopic (exact) mass is 172 g/mol. The van der Waals surface area contributed by atoms with Crippen molar-refractivity contribution >= 4 is 5.65 Å². The lowest BCUT2D eigenvalue weighted by Crippen LogP contribution is -1.98. The minimum Gasteiger partial charge on any atom is -0.234 e. The van der Waals surface area contributed by atoms with Gasteiger partial charge in [-0.25, -0.2) is 9.50 Å². The standard InChI is InChI=1S/C9H8N4/c1-2-8-5-7(6-10)9-11-3-4-13(9)12-8/h3-5H,2H2,1H3. The molecule has 2 rings (SSSR count). The number of nitriles is 1. The van der Waals surface area contributed by atoms with Crippen molar-refractivity contribution in [3.63, 3.8) is 0 Å². The predicted molar refractivity (Wildman–Crippen MR) is 47.1 cm³/mol. The Bertz CT molecular complexity index is 478. The number of aryl methyl sites for hydroxylation is 1. The molecule has 0 radical (unpaired) electrons. The van der Waals surface area contributed by atoms with Gasteiger partial charge in [0, 0.05) is 12.4 Å². The van der Waals surface area contributed by atoms with E-state index >= 15 is 0 Å². The molecule has 0 bridgehead atoms. The van der Waals surface area contributed by atoms with Crippen molar-refractivity contribution in [2.45, 2.75) is 13.3 Å². The Balaban J connectivity index is 2.79. The molecule has 0 aliphatic heterocycles. The summed E-state index contributed by atoms with van der Waals surface area (Å²) in [5.41, 5.74) is 2.11. The quantitative estimate of drug-likeness (QED) is 0.648. The maximum Gasteiger partial charge on any atom is 0.171 e. The van der Waals surface area contributed by atoms with Crippen LogP contribution in [0.3, 0.4) is 0 Å². The summed E-state index contributed by atoms with van der Waals surface area (Å²) in [4.78, 5) is 4.04. The Hall–Kier alpha value is -1.89. The number of fused-ring (bicyclic) bond motifs is 1. The van der Waals surface area contributed by atoms with Gasteiger partial charge in [0.15, 0.2) is 5.65 Å². The van der Waals surface area contributed by atoms with Gasteiger partial charge in [0.25, 0.3) is 0 Å². The second-order valence-electron chi connectivity index (χ2n) is 2.71. The van der Waals surface area contributed by atoms with Gasteiger partial charge in [0.2, 0.25) is 0 Å². The van der Waals surface area contributed by atoms with Crippen LogP contribution in [0, 0.1) is 11.3 Å². The molecule has 0 saturated heterocycles. The van der Waals surface area contributed by atoms with E-state index in [1.54, 1.807) is 23.0 Å². The van der Waals surface area contributed by atoms with Crippen molar-refractivity contribution < 1.29 is 0 Å². The van der Waals surface area contributed by atoms with Gasteiger partial charge in [-0.2, -0.15) is 10.4 Å². The molecule has 4 heteroatoms. The van der Waals surface area contributed by atoms with Gasteiger partial charge < -0.3 is 0 Å². The Morgan fingerprint density at radius 1 is 1.62 bits per heavy atom. The molecular weight excluding hydrogens is 164 g/mol. The highest BCUT2D eigenvalue weighted by Gasteiger charge is 2.04. The van der Waals surface area contributed by atoms with E-state index in [0.29, 0.717) is 11.2 Å². The lowest BCUT2D eigenvalue weighted by molar-refractivity contribution is 0.859. The molecule has 0 aliphatic rings. The number of hydrogen-bond acceptors (Lipinski definition) is 3. The molecule has 2 aromatic heterocycles. The zero-order valence-electron chi connectivity index (χ0n) is 7.23. The summed E-state index contributed by atoms with van der Waals surface area (Å²) in [5.74, 6) is 0. The number of hydrogen-bond donors (Lipinski definition) is 0. The summed E-state index contributed by atoms with van der Waals surface area (Å²) < 4.78 is 1.64. The zero-order valence-corrected chi connectivity index (χ0v) is 7.23. The molecule has 2 heterocycles. The van der Waals surface area contributed by atoms with Crippen molar-refractivity contribution in [1.82, 2.24) is 14.6 Å². The number of nitrogens with zero attached hydrogens (tertiary/aromatic N) is 4. The lowest BCUT2D eigenvalue weighted by atomic mass is 10.2. The van der Waals surface area contributed by atoms with Crippen LogP contribution in [0.2, 0.25) is 0 Å². The van der Waals surface area contributed by atoms with E-state index in [9.17, 15) is 0 Å². The van der Waals surface area contributed by atoms with Gasteiger partial charge in [-0.05, 0) is 12.5 Å². The second kappa shape index (κ2) is 2.87. The number of rotatable bonds is 1. The molecule has 0 aliphatic carbocycles. The average molecular weight is 172 g/mol. The van der Waals surface area contributed by atoms with Crippen LogP contribution in [-0.2, 0) is 6.42 Å². The Kier molecular flexibility index (Phi) is 1.71. The van der Waals surface area contributed by atoms with Crippen molar-refractivity contribution in [2.75, 3.05) is 0 Å². The van der Waals surface area contributed by atoms with Crippen LogP contribution in [0.15, 0.2) is 18.5 Å². The first kappa shape index (κ1) is 7.74. The van der Waals surface area contributed by atoms with Crippen molar-refractivity contribution in [2.24, 2.45) is 0 Å². The van der Waals surface area contributed by atoms with Crippen molar-refractivity contribution in [3.05, 3.63) is 29.7 Å². The Morgan fingerprint density at radius 2 is 2.46 bits per heavy atom. The van der Waals surface area contributed by atoms with Crippen LogP contribution in [0.25, 0.3) is 5.65 Å². The highest BCUT2D eigenvalue weighted by atomic mass is 15.2. The van der Waals surface area contributed by atoms with E-state index in [2.05, 4.69) is 16.2 Å². The van der Waals surface area contributed by atoms with Gasteiger partial charge in [0.05, 0.1) is 11.3 Å². The fourth-order valence-corrected chi connectivity index (χ4v) is 1.22. The molecule has 0 amide bonds. The van der Waals surface area contributed by atoms with Crippen LogP contribution >= 0.6 is 0 Å². The van der Waals surface area contributed by atoms with E-state index in [1.165, 1.54) is 0 Å². The summed E-state index contributed by atoms with van der Waals surface area (Å²) in [6, 6.07) is 3.89. The molecule has 0 unspecified atom stereocenters. The van der Waals surface area contributed by atoms with E-state index in [-0.39, 0.29) is 0 Å². The van der Waals surface area contributed by atoms with E-state index in [0.717, 1.165) is 12.1 Å². The Morgan fingerprint density at radius 3 is 3.15 bits per heavy atom. The van der Waals surface area contributed by atoms with Crippen LogP contribution in [0.1, 0.15) is 18.2 Å². The number of imidazole rings is 1. The topological polar surface area (TPSA) is 54.0 Å². The molecule has 0 spiro atoms. The SMILES string of the molecule is CCc1cc(C#N)c2nccn2n1. The molecule has 4 nitrogen and oxygen atoms in total. The predicted octanol–water partition coefficient (Wildman–Crippen LogP) is 1.16. The fraction of sp³-hybridized carbons (Fsp3) is 0.222. The molecule has 0 saturated carbocycles. The van der Waals surface area contributed by atoms with Crippen LogP contribution < -0.4 is 0 Å². The van der Waals surface area contributed by atoms with E-state index in [4.69, 9.17) is 5.26 Å².